The van der Waals surface area contributed by atoms with Gasteiger partial charge in [-0.25, -0.2) is 0 Å². The number of nitrogens with zero attached hydrogens (tertiary/aromatic N) is 1. The van der Waals surface area contributed by atoms with E-state index in [9.17, 15) is 0 Å². The van der Waals surface area contributed by atoms with Gasteiger partial charge in [0.2, 0.25) is 0 Å². The van der Waals surface area contributed by atoms with E-state index in [-0.39, 0.29) is 5.54 Å². The summed E-state index contributed by atoms with van der Waals surface area (Å²) < 4.78 is 0. The molecule has 0 atom stereocenters. The van der Waals surface area contributed by atoms with Gasteiger partial charge in [-0.05, 0) is 38.0 Å². The van der Waals surface area contributed by atoms with Gasteiger partial charge in [0.15, 0.2) is 0 Å². The van der Waals surface area contributed by atoms with E-state index >= 15 is 0 Å². The summed E-state index contributed by atoms with van der Waals surface area (Å²) in [4.78, 5) is 4.29. The summed E-state index contributed by atoms with van der Waals surface area (Å²) in [6, 6.07) is 3.95. The predicted octanol–water partition coefficient (Wildman–Crippen LogP) is 2.31. The fraction of sp³-hybridized carbons (Fsp3) is 0.364. The van der Waals surface area contributed by atoms with Crippen LogP contribution in [0, 0.1) is 0 Å². The standard InChI is InChI=1S/C11H16N2/c1-8(2)9-5-6-10(13-7-9)11(3,4)12/h5-7H,1,12H2,2-4H3. The molecule has 70 valence electrons. The Hall–Kier alpha value is -1.15. The Balaban J connectivity index is 3.01. The van der Waals surface area contributed by atoms with E-state index in [1.165, 1.54) is 0 Å². The smallest absolute Gasteiger partial charge is 0.0597 e. The molecule has 0 spiro atoms. The fourth-order valence-corrected chi connectivity index (χ4v) is 1.03. The minimum absolute atomic E-state index is 0.367. The van der Waals surface area contributed by atoms with Crippen LogP contribution in [0.25, 0.3) is 5.57 Å². The summed E-state index contributed by atoms with van der Waals surface area (Å²) in [5, 5.41) is 0. The lowest BCUT2D eigenvalue weighted by Gasteiger charge is -2.17. The molecule has 2 heteroatoms. The maximum atomic E-state index is 5.90. The zero-order valence-corrected chi connectivity index (χ0v) is 8.46. The molecule has 13 heavy (non-hydrogen) atoms. The van der Waals surface area contributed by atoms with E-state index in [0.717, 1.165) is 16.8 Å². The summed E-state index contributed by atoms with van der Waals surface area (Å²) in [7, 11) is 0. The van der Waals surface area contributed by atoms with Crippen molar-refractivity contribution in [3.05, 3.63) is 36.2 Å². The average molecular weight is 176 g/mol. The predicted molar refractivity (Wildman–Crippen MR) is 56.2 cm³/mol. The van der Waals surface area contributed by atoms with Crippen LogP contribution in [0.1, 0.15) is 32.0 Å². The van der Waals surface area contributed by atoms with Crippen LogP contribution in [0.4, 0.5) is 0 Å². The van der Waals surface area contributed by atoms with Crippen molar-refractivity contribution in [2.24, 2.45) is 5.73 Å². The maximum Gasteiger partial charge on any atom is 0.0597 e. The average Bonchev–Trinajstić information content (AvgIpc) is 2.03. The summed E-state index contributed by atoms with van der Waals surface area (Å²) in [6.45, 7) is 9.69. The Morgan fingerprint density at radius 3 is 2.38 bits per heavy atom. The number of pyridine rings is 1. The molecule has 0 aliphatic heterocycles. The number of hydrogen-bond donors (Lipinski definition) is 1. The summed E-state index contributed by atoms with van der Waals surface area (Å²) >= 11 is 0. The van der Waals surface area contributed by atoms with Gasteiger partial charge in [-0.2, -0.15) is 0 Å². The van der Waals surface area contributed by atoms with Gasteiger partial charge in [0.25, 0.3) is 0 Å². The first-order valence-corrected chi connectivity index (χ1v) is 4.32. The lowest BCUT2D eigenvalue weighted by molar-refractivity contribution is 0.535. The van der Waals surface area contributed by atoms with Crippen molar-refractivity contribution in [1.82, 2.24) is 4.98 Å². The number of allylic oxidation sites excluding steroid dienone is 1. The van der Waals surface area contributed by atoms with Gasteiger partial charge in [0.05, 0.1) is 11.2 Å². The van der Waals surface area contributed by atoms with Crippen LogP contribution in [0.3, 0.4) is 0 Å². The lowest BCUT2D eigenvalue weighted by atomic mass is 10.0. The van der Waals surface area contributed by atoms with E-state index in [0.29, 0.717) is 0 Å². The quantitative estimate of drug-likeness (QED) is 0.751. The Bertz CT molecular complexity index is 304. The van der Waals surface area contributed by atoms with E-state index in [4.69, 9.17) is 5.73 Å². The third-order valence-electron chi connectivity index (χ3n) is 1.92. The Morgan fingerprint density at radius 1 is 1.46 bits per heavy atom. The van der Waals surface area contributed by atoms with E-state index in [2.05, 4.69) is 11.6 Å². The molecule has 0 bridgehead atoms. The molecule has 0 radical (unpaired) electrons. The van der Waals surface area contributed by atoms with Crippen LogP contribution in [0.2, 0.25) is 0 Å². The number of hydrogen-bond acceptors (Lipinski definition) is 2. The molecule has 1 rings (SSSR count). The third-order valence-corrected chi connectivity index (χ3v) is 1.92. The van der Waals surface area contributed by atoms with Crippen molar-refractivity contribution in [2.45, 2.75) is 26.3 Å². The molecule has 0 saturated heterocycles. The molecular weight excluding hydrogens is 160 g/mol. The number of nitrogens with two attached hydrogens (primary N) is 1. The van der Waals surface area contributed by atoms with Gasteiger partial charge in [0.1, 0.15) is 0 Å². The topological polar surface area (TPSA) is 38.9 Å². The highest BCUT2D eigenvalue weighted by Gasteiger charge is 2.14. The first-order valence-electron chi connectivity index (χ1n) is 4.32. The van der Waals surface area contributed by atoms with Crippen molar-refractivity contribution >= 4 is 5.57 Å². The second-order valence-corrected chi connectivity index (χ2v) is 3.93. The molecule has 0 aliphatic carbocycles. The molecule has 0 aliphatic rings. The van der Waals surface area contributed by atoms with Gasteiger partial charge in [-0.15, -0.1) is 0 Å². The second-order valence-electron chi connectivity index (χ2n) is 3.93. The number of aromatic nitrogens is 1. The van der Waals surface area contributed by atoms with Crippen LogP contribution < -0.4 is 5.73 Å². The maximum absolute atomic E-state index is 5.90. The van der Waals surface area contributed by atoms with Crippen molar-refractivity contribution in [3.63, 3.8) is 0 Å². The van der Waals surface area contributed by atoms with Crippen LogP contribution >= 0.6 is 0 Å². The van der Waals surface area contributed by atoms with Gasteiger partial charge in [-0.1, -0.05) is 12.6 Å². The molecule has 1 heterocycles. The number of rotatable bonds is 2. The van der Waals surface area contributed by atoms with Crippen molar-refractivity contribution < 1.29 is 0 Å². The molecule has 0 fully saturated rings. The van der Waals surface area contributed by atoms with Crippen LogP contribution in [-0.2, 0) is 5.54 Å². The highest BCUT2D eigenvalue weighted by Crippen LogP contribution is 2.16. The van der Waals surface area contributed by atoms with Gasteiger partial charge < -0.3 is 5.73 Å². The zero-order valence-electron chi connectivity index (χ0n) is 8.46. The minimum atomic E-state index is -0.367. The molecule has 0 unspecified atom stereocenters. The molecule has 1 aromatic heterocycles. The Morgan fingerprint density at radius 2 is 2.08 bits per heavy atom. The normalized spacial score (nSPS) is 11.4. The van der Waals surface area contributed by atoms with Crippen molar-refractivity contribution in [2.75, 3.05) is 0 Å². The monoisotopic (exact) mass is 176 g/mol. The van der Waals surface area contributed by atoms with E-state index < -0.39 is 0 Å². The molecule has 0 saturated carbocycles. The molecule has 2 N–H and O–H groups in total. The SMILES string of the molecule is C=C(C)c1ccc(C(C)(C)N)nc1. The first kappa shape index (κ1) is 9.93. The molecule has 2 nitrogen and oxygen atoms in total. The largest absolute Gasteiger partial charge is 0.321 e. The minimum Gasteiger partial charge on any atom is -0.321 e. The molecular formula is C11H16N2. The second kappa shape index (κ2) is 3.30. The van der Waals surface area contributed by atoms with Gasteiger partial charge >= 0.3 is 0 Å². The Labute approximate surface area is 79.5 Å². The van der Waals surface area contributed by atoms with Gasteiger partial charge in [0, 0.05) is 6.20 Å². The van der Waals surface area contributed by atoms with Crippen LogP contribution in [-0.4, -0.2) is 4.98 Å². The summed E-state index contributed by atoms with van der Waals surface area (Å²) in [5.74, 6) is 0. The highest BCUT2D eigenvalue weighted by molar-refractivity contribution is 5.60. The summed E-state index contributed by atoms with van der Waals surface area (Å²) in [5.41, 5.74) is 8.52. The van der Waals surface area contributed by atoms with Crippen LogP contribution in [0.5, 0.6) is 0 Å². The Kier molecular flexibility index (Phi) is 2.52. The third kappa shape index (κ3) is 2.39. The molecule has 0 aromatic carbocycles. The fourth-order valence-electron chi connectivity index (χ4n) is 1.03. The van der Waals surface area contributed by atoms with Gasteiger partial charge in [-0.3, -0.25) is 4.98 Å². The van der Waals surface area contributed by atoms with E-state index in [1.54, 1.807) is 0 Å². The lowest BCUT2D eigenvalue weighted by Crippen LogP contribution is -2.29. The van der Waals surface area contributed by atoms with Crippen molar-refractivity contribution in [3.8, 4) is 0 Å². The molecule has 0 amide bonds. The molecule has 1 aromatic rings. The van der Waals surface area contributed by atoms with E-state index in [1.807, 2.05) is 39.1 Å². The zero-order chi connectivity index (χ0) is 10.1. The van der Waals surface area contributed by atoms with Crippen molar-refractivity contribution in [1.29, 1.82) is 0 Å². The first-order chi connectivity index (χ1) is 5.91. The van der Waals surface area contributed by atoms with Crippen LogP contribution in [0.15, 0.2) is 24.9 Å². The highest BCUT2D eigenvalue weighted by atomic mass is 14.8. The summed E-state index contributed by atoms with van der Waals surface area (Å²) in [6.07, 6.45) is 1.81.